The number of anilines is 1. The van der Waals surface area contributed by atoms with Crippen LogP contribution in [0.5, 0.6) is 0 Å². The Morgan fingerprint density at radius 3 is 2.43 bits per heavy atom. The first-order valence-corrected chi connectivity index (χ1v) is 13.9. The molecule has 35 heavy (non-hydrogen) atoms. The number of carbonyl (C=O) groups is 1. The van der Waals surface area contributed by atoms with Crippen molar-refractivity contribution in [3.05, 3.63) is 81.7 Å². The Bertz CT molecular complexity index is 1340. The number of nitriles is 1. The van der Waals surface area contributed by atoms with Gasteiger partial charge in [0.25, 0.3) is 5.91 Å². The van der Waals surface area contributed by atoms with Gasteiger partial charge in [-0.2, -0.15) is 9.57 Å². The molecule has 0 bridgehead atoms. The molecular weight excluding hydrogens is 480 g/mol. The third-order valence-corrected chi connectivity index (χ3v) is 9.38. The van der Waals surface area contributed by atoms with Crippen LogP contribution in [0.2, 0.25) is 0 Å². The van der Waals surface area contributed by atoms with Crippen LogP contribution < -0.4 is 5.32 Å². The number of hydrogen-bond donors (Lipinski definition) is 1. The van der Waals surface area contributed by atoms with Crippen LogP contribution in [0.4, 0.5) is 5.00 Å². The van der Waals surface area contributed by atoms with Crippen molar-refractivity contribution in [3.8, 4) is 6.07 Å². The van der Waals surface area contributed by atoms with Gasteiger partial charge in [0.1, 0.15) is 11.1 Å². The maximum absolute atomic E-state index is 12.9. The molecule has 182 valence electrons. The first-order chi connectivity index (χ1) is 16.9. The highest BCUT2D eigenvalue weighted by Crippen LogP contribution is 2.37. The lowest BCUT2D eigenvalue weighted by molar-refractivity contribution is 0.102. The molecule has 0 radical (unpaired) electrons. The van der Waals surface area contributed by atoms with E-state index in [9.17, 15) is 18.5 Å². The van der Waals surface area contributed by atoms with E-state index < -0.39 is 10.0 Å². The van der Waals surface area contributed by atoms with Gasteiger partial charge in [0.15, 0.2) is 0 Å². The van der Waals surface area contributed by atoms with Crippen LogP contribution in [-0.4, -0.2) is 43.2 Å². The molecule has 0 aliphatic carbocycles. The Labute approximate surface area is 210 Å². The second-order valence-corrected chi connectivity index (χ2v) is 11.4. The predicted molar refractivity (Wildman–Crippen MR) is 138 cm³/mol. The molecule has 2 aromatic carbocycles. The Kier molecular flexibility index (Phi) is 7.67. The molecule has 0 unspecified atom stereocenters. The van der Waals surface area contributed by atoms with Gasteiger partial charge in [0.2, 0.25) is 10.0 Å². The van der Waals surface area contributed by atoms with Gasteiger partial charge >= 0.3 is 0 Å². The first-order valence-electron chi connectivity index (χ1n) is 11.6. The van der Waals surface area contributed by atoms with Crippen molar-refractivity contribution in [2.24, 2.45) is 0 Å². The molecule has 1 aliphatic rings. The van der Waals surface area contributed by atoms with Crippen LogP contribution in [0.25, 0.3) is 0 Å². The molecule has 1 amide bonds. The van der Waals surface area contributed by atoms with Crippen LogP contribution in [0.3, 0.4) is 0 Å². The third kappa shape index (κ3) is 5.31. The Hall–Kier alpha value is -3.03. The summed E-state index contributed by atoms with van der Waals surface area (Å²) >= 11 is 1.44. The molecule has 3 aromatic rings. The van der Waals surface area contributed by atoms with Crippen LogP contribution in [0.15, 0.2) is 59.5 Å². The molecule has 2 heterocycles. The van der Waals surface area contributed by atoms with E-state index in [-0.39, 0.29) is 10.8 Å². The minimum atomic E-state index is -3.59. The topological polar surface area (TPSA) is 93.5 Å². The molecule has 9 heteroatoms. The molecule has 0 saturated heterocycles. The van der Waals surface area contributed by atoms with Gasteiger partial charge in [-0.1, -0.05) is 44.2 Å². The number of sulfonamides is 1. The van der Waals surface area contributed by atoms with Gasteiger partial charge < -0.3 is 5.32 Å². The Morgan fingerprint density at radius 2 is 1.80 bits per heavy atom. The number of carbonyl (C=O) groups excluding carboxylic acids is 1. The number of thiophene rings is 1. The lowest BCUT2D eigenvalue weighted by Gasteiger charge is -2.26. The average Bonchev–Trinajstić information content (AvgIpc) is 3.21. The minimum Gasteiger partial charge on any atom is -0.312 e. The maximum Gasteiger partial charge on any atom is 0.256 e. The van der Waals surface area contributed by atoms with E-state index in [2.05, 4.69) is 28.4 Å². The number of nitrogens with one attached hydrogen (secondary N) is 1. The second-order valence-electron chi connectivity index (χ2n) is 8.33. The van der Waals surface area contributed by atoms with Gasteiger partial charge in [-0.15, -0.1) is 11.3 Å². The molecule has 0 spiro atoms. The largest absolute Gasteiger partial charge is 0.312 e. The summed E-state index contributed by atoms with van der Waals surface area (Å²) in [4.78, 5) is 16.5. The van der Waals surface area contributed by atoms with E-state index in [1.165, 1.54) is 45.5 Å². The maximum atomic E-state index is 12.9. The molecule has 1 aromatic heterocycles. The average molecular weight is 509 g/mol. The summed E-state index contributed by atoms with van der Waals surface area (Å²) in [6.07, 6.45) is 0.759. The van der Waals surface area contributed by atoms with Gasteiger partial charge in [-0.05, 0) is 41.8 Å². The molecule has 1 aliphatic heterocycles. The van der Waals surface area contributed by atoms with Crippen molar-refractivity contribution in [3.63, 3.8) is 0 Å². The first kappa shape index (κ1) is 25.1. The fourth-order valence-corrected chi connectivity index (χ4v) is 7.00. The highest BCUT2D eigenvalue weighted by molar-refractivity contribution is 7.89. The zero-order chi connectivity index (χ0) is 25.0. The van der Waals surface area contributed by atoms with Crippen LogP contribution in [0, 0.1) is 11.3 Å². The lowest BCUT2D eigenvalue weighted by Crippen LogP contribution is -2.30. The molecule has 1 N–H and O–H groups in total. The molecule has 0 saturated carbocycles. The van der Waals surface area contributed by atoms with Gasteiger partial charge in [-0.25, -0.2) is 8.42 Å². The van der Waals surface area contributed by atoms with Crippen molar-refractivity contribution in [2.45, 2.75) is 38.3 Å². The van der Waals surface area contributed by atoms with Gasteiger partial charge in [0.05, 0.1) is 10.5 Å². The fraction of sp³-hybridized carbons (Fsp3) is 0.308. The normalized spacial score (nSPS) is 13.9. The molecule has 0 fully saturated rings. The van der Waals surface area contributed by atoms with Gasteiger partial charge in [0, 0.05) is 43.2 Å². The van der Waals surface area contributed by atoms with Crippen molar-refractivity contribution in [2.75, 3.05) is 25.0 Å². The predicted octanol–water partition coefficient (Wildman–Crippen LogP) is 4.46. The summed E-state index contributed by atoms with van der Waals surface area (Å²) in [5.41, 5.74) is 3.12. The van der Waals surface area contributed by atoms with Crippen molar-refractivity contribution >= 4 is 32.3 Å². The van der Waals surface area contributed by atoms with Crippen LogP contribution in [-0.2, 0) is 29.5 Å². The van der Waals surface area contributed by atoms with Crippen LogP contribution >= 0.6 is 11.3 Å². The lowest BCUT2D eigenvalue weighted by atomic mass is 10.0. The van der Waals surface area contributed by atoms with Crippen molar-refractivity contribution in [1.82, 2.24) is 9.21 Å². The smallest absolute Gasteiger partial charge is 0.256 e. The van der Waals surface area contributed by atoms with E-state index in [1.54, 1.807) is 13.8 Å². The summed E-state index contributed by atoms with van der Waals surface area (Å²) in [5, 5.41) is 13.2. The van der Waals surface area contributed by atoms with Crippen molar-refractivity contribution < 1.29 is 13.2 Å². The SMILES string of the molecule is CCN(CC)S(=O)(=O)c1ccc(C(=O)Nc2sc3c(c2C#N)CCN(Cc2ccccc2)C3)cc1. The van der Waals surface area contributed by atoms with Gasteiger partial charge in [-0.3, -0.25) is 9.69 Å². The molecule has 0 atom stereocenters. The zero-order valence-corrected chi connectivity index (χ0v) is 21.5. The highest BCUT2D eigenvalue weighted by atomic mass is 32.2. The third-order valence-electron chi connectivity index (χ3n) is 6.18. The fourth-order valence-electron chi connectivity index (χ4n) is 4.31. The van der Waals surface area contributed by atoms with Crippen LogP contribution in [0.1, 0.15) is 45.8 Å². The van der Waals surface area contributed by atoms with E-state index in [4.69, 9.17) is 0 Å². The summed E-state index contributed by atoms with van der Waals surface area (Å²) in [5.74, 6) is -0.368. The Balaban J connectivity index is 1.49. The molecular formula is C26H28N4O3S2. The standard InChI is InChI=1S/C26H28N4O3S2/c1-3-30(4-2)35(32,33)21-12-10-20(11-13-21)25(31)28-26-23(16-27)22-14-15-29(18-24(22)34-26)17-19-8-6-5-7-9-19/h5-13H,3-4,14-15,17-18H2,1-2H3,(H,28,31). The number of fused-ring (bicyclic) bond motifs is 1. The monoisotopic (exact) mass is 508 g/mol. The summed E-state index contributed by atoms with van der Waals surface area (Å²) in [6, 6.07) is 18.5. The number of nitrogens with zero attached hydrogens (tertiary/aromatic N) is 3. The second kappa shape index (κ2) is 10.7. The van der Waals surface area contributed by atoms with E-state index in [0.29, 0.717) is 29.2 Å². The van der Waals surface area contributed by atoms with Crippen molar-refractivity contribution in [1.29, 1.82) is 5.26 Å². The Morgan fingerprint density at radius 1 is 1.11 bits per heavy atom. The summed E-state index contributed by atoms with van der Waals surface area (Å²) in [7, 11) is -3.59. The van der Waals surface area contributed by atoms with E-state index in [0.717, 1.165) is 36.5 Å². The number of benzene rings is 2. The number of amides is 1. The summed E-state index contributed by atoms with van der Waals surface area (Å²) < 4.78 is 26.8. The zero-order valence-electron chi connectivity index (χ0n) is 19.8. The highest BCUT2D eigenvalue weighted by Gasteiger charge is 2.26. The molecule has 4 rings (SSSR count). The summed E-state index contributed by atoms with van der Waals surface area (Å²) in [6.45, 7) is 6.76. The number of rotatable bonds is 8. The minimum absolute atomic E-state index is 0.153. The molecule has 7 nitrogen and oxygen atoms in total. The van der Waals surface area contributed by atoms with E-state index in [1.807, 2.05) is 18.2 Å². The quantitative estimate of drug-likeness (QED) is 0.485. The van der Waals surface area contributed by atoms with E-state index >= 15 is 0 Å². The number of hydrogen-bond acceptors (Lipinski definition) is 6.